The van der Waals surface area contributed by atoms with Crippen LogP contribution in [0.1, 0.15) is 43.4 Å². The molecular weight excluding hydrogens is 519 g/mol. The number of hydrogen-bond donors (Lipinski definition) is 5. The predicted octanol–water partition coefficient (Wildman–Crippen LogP) is 1.67. The molecule has 0 radical (unpaired) electrons. The number of hydrogen-bond acceptors (Lipinski definition) is 9. The number of amides is 1. The molecule has 1 aromatic rings. The van der Waals surface area contributed by atoms with Gasteiger partial charge in [-0.1, -0.05) is 13.8 Å². The lowest BCUT2D eigenvalue weighted by Gasteiger charge is -2.50. The molecule has 10 nitrogen and oxygen atoms in total. The first-order valence-electron chi connectivity index (χ1n) is 13.6. The molecule has 0 aromatic heterocycles. The number of likely N-dealkylation sites (N-methyl/N-ethyl adjacent to an activating group) is 2. The quantitative estimate of drug-likeness (QED) is 0.348. The molecule has 5 atom stereocenters. The Morgan fingerprint density at radius 2 is 1.95 bits per heavy atom. The number of carbonyl (C=O) groups is 3. The van der Waals surface area contributed by atoms with Gasteiger partial charge in [0.1, 0.15) is 22.9 Å². The van der Waals surface area contributed by atoms with Gasteiger partial charge in [0, 0.05) is 47.4 Å². The largest absolute Gasteiger partial charge is 0.508 e. The lowest BCUT2D eigenvalue weighted by molar-refractivity contribution is -0.153. The first-order valence-corrected chi connectivity index (χ1v) is 13.6. The summed E-state index contributed by atoms with van der Waals surface area (Å²) < 4.78 is 16.2. The fraction of sp³-hybridized carbons (Fsp3) is 0.552. The van der Waals surface area contributed by atoms with E-state index in [1.165, 1.54) is 4.90 Å². The molecule has 0 saturated heterocycles. The number of halogens is 1. The fourth-order valence-electron chi connectivity index (χ4n) is 7.17. The normalized spacial score (nSPS) is 30.5. The second-order valence-corrected chi connectivity index (χ2v) is 12.3. The predicted molar refractivity (Wildman–Crippen MR) is 146 cm³/mol. The summed E-state index contributed by atoms with van der Waals surface area (Å²) in [4.78, 5) is 42.8. The first kappa shape index (κ1) is 28.3. The average Bonchev–Trinajstić information content (AvgIpc) is 3.00. The van der Waals surface area contributed by atoms with Crippen LogP contribution in [-0.2, 0) is 27.3 Å². The van der Waals surface area contributed by atoms with Crippen molar-refractivity contribution in [3.05, 3.63) is 45.5 Å². The third-order valence-corrected chi connectivity index (χ3v) is 9.10. The first-order chi connectivity index (χ1) is 18.7. The Kier molecular flexibility index (Phi) is 6.83. The van der Waals surface area contributed by atoms with Gasteiger partial charge in [-0.25, -0.2) is 4.39 Å². The van der Waals surface area contributed by atoms with Crippen LogP contribution in [0.15, 0.2) is 23.0 Å². The van der Waals surface area contributed by atoms with Gasteiger partial charge in [0.2, 0.25) is 5.78 Å². The summed E-state index contributed by atoms with van der Waals surface area (Å²) >= 11 is 0. The number of carbonyl (C=O) groups excluding carboxylic acids is 3. The van der Waals surface area contributed by atoms with Gasteiger partial charge < -0.3 is 26.4 Å². The Labute approximate surface area is 232 Å². The Bertz CT molecular complexity index is 1380. The van der Waals surface area contributed by atoms with Crippen LogP contribution in [0.2, 0.25) is 0 Å². The van der Waals surface area contributed by atoms with Gasteiger partial charge in [0.15, 0.2) is 11.4 Å². The van der Waals surface area contributed by atoms with E-state index in [1.54, 1.807) is 20.2 Å². The molecule has 1 amide bonds. The summed E-state index contributed by atoms with van der Waals surface area (Å²) in [6.07, 6.45) is 0.963. The van der Waals surface area contributed by atoms with E-state index in [2.05, 4.69) is 24.1 Å². The number of nitrogens with zero attached hydrogens (tertiary/aromatic N) is 2. The minimum atomic E-state index is -2.65. The van der Waals surface area contributed by atoms with E-state index >= 15 is 4.39 Å². The highest BCUT2D eigenvalue weighted by Gasteiger charge is 2.64. The molecule has 5 rings (SSSR count). The van der Waals surface area contributed by atoms with Crippen LogP contribution < -0.4 is 11.1 Å². The van der Waals surface area contributed by atoms with Crippen LogP contribution in [-0.4, -0.2) is 88.0 Å². The van der Waals surface area contributed by atoms with Crippen LogP contribution >= 0.6 is 0 Å². The molecule has 40 heavy (non-hydrogen) atoms. The van der Waals surface area contributed by atoms with Gasteiger partial charge in [-0.3, -0.25) is 24.2 Å². The zero-order chi connectivity index (χ0) is 29.4. The van der Waals surface area contributed by atoms with Crippen molar-refractivity contribution in [3.63, 3.8) is 0 Å². The molecule has 3 aliphatic carbocycles. The summed E-state index contributed by atoms with van der Waals surface area (Å²) in [6, 6.07) is 0.663. The smallest absolute Gasteiger partial charge is 0.255 e. The molecule has 6 N–H and O–H groups in total. The van der Waals surface area contributed by atoms with E-state index in [0.29, 0.717) is 30.3 Å². The minimum Gasteiger partial charge on any atom is -0.508 e. The van der Waals surface area contributed by atoms with Crippen LogP contribution in [0.25, 0.3) is 5.76 Å². The van der Waals surface area contributed by atoms with E-state index in [-0.39, 0.29) is 35.6 Å². The molecule has 4 aliphatic rings. The summed E-state index contributed by atoms with van der Waals surface area (Å²) in [5, 5.41) is 37.4. The molecule has 1 heterocycles. The third-order valence-electron chi connectivity index (χ3n) is 9.10. The van der Waals surface area contributed by atoms with E-state index in [4.69, 9.17) is 5.73 Å². The SMILES string of the molecule is CC(C)C[C@@H]1CNc2cc3c(c(F)c2CN1C)C[C@H]1C[C@H]2[C@H](N(C)C)C(=O)C(C(N)=O)=C(O)[C@@]2(O)C(=O)C1=C3O. The highest BCUT2D eigenvalue weighted by Crippen LogP contribution is 2.52. The zero-order valence-corrected chi connectivity index (χ0v) is 23.4. The summed E-state index contributed by atoms with van der Waals surface area (Å²) in [5.41, 5.74) is 3.14. The molecule has 1 fully saturated rings. The number of aliphatic hydroxyl groups excluding tert-OH is 2. The maximum Gasteiger partial charge on any atom is 0.255 e. The van der Waals surface area contributed by atoms with Crippen molar-refractivity contribution in [2.45, 2.75) is 57.3 Å². The van der Waals surface area contributed by atoms with Crippen LogP contribution in [0.3, 0.4) is 0 Å². The molecule has 1 aromatic carbocycles. The van der Waals surface area contributed by atoms with Crippen molar-refractivity contribution in [2.24, 2.45) is 23.5 Å². The molecule has 0 bridgehead atoms. The van der Waals surface area contributed by atoms with Crippen molar-refractivity contribution in [2.75, 3.05) is 33.0 Å². The van der Waals surface area contributed by atoms with Gasteiger partial charge in [-0.15, -0.1) is 0 Å². The summed E-state index contributed by atoms with van der Waals surface area (Å²) in [7, 11) is 5.07. The topological polar surface area (TPSA) is 156 Å². The number of primary amides is 1. The van der Waals surface area contributed by atoms with Gasteiger partial charge in [-0.05, 0) is 63.9 Å². The number of benzene rings is 1. The second-order valence-electron chi connectivity index (χ2n) is 12.3. The standard InChI is InChI=1S/C29H37FN4O6/c1-12(2)6-14-10-32-19-9-16-15(22(30)17(19)11-34(14)5)7-13-8-18-23(33(3)4)25(36)21(28(31)39)27(38)29(18,40)26(37)20(13)24(16)35/h9,12-14,18,23,32,35,38,40H,6-8,10-11H2,1-5H3,(H2,31,39)/t13-,14+,18-,23-,29-/m0/s1. The van der Waals surface area contributed by atoms with Crippen molar-refractivity contribution in [3.8, 4) is 0 Å². The number of Topliss-reactive ketones (excluding diaryl/α,β-unsaturated/α-hetero) is 2. The lowest BCUT2D eigenvalue weighted by Crippen LogP contribution is -2.65. The molecule has 0 unspecified atom stereocenters. The lowest BCUT2D eigenvalue weighted by atomic mass is 9.57. The highest BCUT2D eigenvalue weighted by molar-refractivity contribution is 6.24. The summed E-state index contributed by atoms with van der Waals surface area (Å²) in [5.74, 6) is -6.54. The molecule has 0 spiro atoms. The number of fused-ring (bicyclic) bond motifs is 4. The molecule has 216 valence electrons. The Balaban J connectivity index is 1.64. The number of rotatable bonds is 4. The zero-order valence-electron chi connectivity index (χ0n) is 23.4. The van der Waals surface area contributed by atoms with E-state index in [1.807, 2.05) is 7.05 Å². The maximum absolute atomic E-state index is 16.2. The molecular formula is C29H37FN4O6. The third kappa shape index (κ3) is 3.97. The van der Waals surface area contributed by atoms with E-state index in [0.717, 1.165) is 6.42 Å². The minimum absolute atomic E-state index is 0.0170. The Morgan fingerprint density at radius 3 is 2.55 bits per heavy atom. The van der Waals surface area contributed by atoms with Crippen LogP contribution in [0, 0.1) is 23.6 Å². The van der Waals surface area contributed by atoms with E-state index < -0.39 is 63.9 Å². The van der Waals surface area contributed by atoms with Crippen molar-refractivity contribution >= 4 is 28.9 Å². The number of nitrogens with one attached hydrogen (secondary N) is 1. The number of nitrogens with two attached hydrogens (primary N) is 1. The van der Waals surface area contributed by atoms with Crippen LogP contribution in [0.4, 0.5) is 10.1 Å². The Hall–Kier alpha value is -3.28. The van der Waals surface area contributed by atoms with Crippen molar-refractivity contribution < 1.29 is 34.1 Å². The molecule has 1 aliphatic heterocycles. The van der Waals surface area contributed by atoms with Crippen molar-refractivity contribution in [1.82, 2.24) is 9.80 Å². The van der Waals surface area contributed by atoms with Gasteiger partial charge >= 0.3 is 0 Å². The number of aliphatic hydroxyl groups is 3. The molecule has 1 saturated carbocycles. The fourth-order valence-corrected chi connectivity index (χ4v) is 7.17. The van der Waals surface area contributed by atoms with Crippen LogP contribution in [0.5, 0.6) is 0 Å². The van der Waals surface area contributed by atoms with Crippen molar-refractivity contribution in [1.29, 1.82) is 0 Å². The second kappa shape index (κ2) is 9.67. The van der Waals surface area contributed by atoms with Gasteiger partial charge in [0.05, 0.1) is 6.04 Å². The highest BCUT2D eigenvalue weighted by atomic mass is 19.1. The van der Waals surface area contributed by atoms with Gasteiger partial charge in [-0.2, -0.15) is 0 Å². The number of anilines is 1. The monoisotopic (exact) mass is 556 g/mol. The maximum atomic E-state index is 16.2. The number of ketones is 2. The summed E-state index contributed by atoms with van der Waals surface area (Å²) in [6.45, 7) is 5.21. The average molecular weight is 557 g/mol. The van der Waals surface area contributed by atoms with Gasteiger partial charge in [0.25, 0.3) is 5.91 Å². The Morgan fingerprint density at radius 1 is 1.27 bits per heavy atom. The van der Waals surface area contributed by atoms with E-state index in [9.17, 15) is 29.7 Å². The molecule has 11 heteroatoms.